The third-order valence-electron chi connectivity index (χ3n) is 4.05. The first-order valence-electron chi connectivity index (χ1n) is 6.39. The van der Waals surface area contributed by atoms with Gasteiger partial charge in [0.2, 0.25) is 0 Å². The molecule has 1 saturated carbocycles. The van der Waals surface area contributed by atoms with E-state index in [9.17, 15) is 4.79 Å². The Balaban J connectivity index is 2.18. The summed E-state index contributed by atoms with van der Waals surface area (Å²) in [7, 11) is 0. The monoisotopic (exact) mass is 235 g/mol. The van der Waals surface area contributed by atoms with E-state index >= 15 is 0 Å². The van der Waals surface area contributed by atoms with E-state index in [4.69, 9.17) is 5.11 Å². The highest BCUT2D eigenvalue weighted by atomic mass is 16.4. The molecule has 0 spiro atoms. The Labute approximate surface area is 102 Å². The van der Waals surface area contributed by atoms with Crippen molar-refractivity contribution in [3.63, 3.8) is 0 Å². The van der Waals surface area contributed by atoms with Gasteiger partial charge in [0.05, 0.1) is 5.56 Å². The number of carboxylic acid groups (broad SMARTS) is 1. The van der Waals surface area contributed by atoms with Crippen LogP contribution >= 0.6 is 0 Å². The minimum Gasteiger partial charge on any atom is -0.478 e. The van der Waals surface area contributed by atoms with E-state index < -0.39 is 5.97 Å². The lowest BCUT2D eigenvalue weighted by molar-refractivity contribution is 0.0696. The van der Waals surface area contributed by atoms with E-state index in [1.165, 1.54) is 19.3 Å². The van der Waals surface area contributed by atoms with Gasteiger partial charge in [0.1, 0.15) is 0 Å². The molecule has 2 unspecified atom stereocenters. The van der Waals surface area contributed by atoms with Crippen LogP contribution in [0.4, 0.5) is 0 Å². The average Bonchev–Trinajstić information content (AvgIpc) is 2.77. The van der Waals surface area contributed by atoms with Crippen molar-refractivity contribution in [3.8, 4) is 0 Å². The molecule has 1 aromatic rings. The maximum Gasteiger partial charge on any atom is 0.337 e. The minimum atomic E-state index is -0.816. The summed E-state index contributed by atoms with van der Waals surface area (Å²) in [6.45, 7) is 7.19. The zero-order chi connectivity index (χ0) is 12.6. The Morgan fingerprint density at radius 2 is 2.18 bits per heavy atom. The van der Waals surface area contributed by atoms with Crippen LogP contribution in [0.2, 0.25) is 0 Å². The SMILES string of the molecule is Cc1cc(C(=O)O)c(C)n1CC1CCC(C)C1. The van der Waals surface area contributed by atoms with Gasteiger partial charge in [-0.05, 0) is 44.6 Å². The predicted octanol–water partition coefficient (Wildman–Crippen LogP) is 3.24. The van der Waals surface area contributed by atoms with Crippen LogP contribution < -0.4 is 0 Å². The molecule has 3 heteroatoms. The van der Waals surface area contributed by atoms with E-state index in [-0.39, 0.29) is 0 Å². The molecule has 0 bridgehead atoms. The van der Waals surface area contributed by atoms with Crippen LogP contribution in [0, 0.1) is 25.7 Å². The van der Waals surface area contributed by atoms with Crippen LogP contribution in [0.3, 0.4) is 0 Å². The van der Waals surface area contributed by atoms with Gasteiger partial charge in [-0.1, -0.05) is 13.3 Å². The Morgan fingerprint density at radius 1 is 1.47 bits per heavy atom. The first-order valence-corrected chi connectivity index (χ1v) is 6.39. The summed E-state index contributed by atoms with van der Waals surface area (Å²) in [6.07, 6.45) is 3.87. The largest absolute Gasteiger partial charge is 0.478 e. The third-order valence-corrected chi connectivity index (χ3v) is 4.05. The molecule has 0 amide bonds. The molecule has 94 valence electrons. The van der Waals surface area contributed by atoms with Gasteiger partial charge >= 0.3 is 5.97 Å². The van der Waals surface area contributed by atoms with E-state index in [2.05, 4.69) is 11.5 Å². The molecule has 1 aliphatic carbocycles. The van der Waals surface area contributed by atoms with E-state index in [1.807, 2.05) is 13.8 Å². The summed E-state index contributed by atoms with van der Waals surface area (Å²) in [6, 6.07) is 1.79. The predicted molar refractivity (Wildman–Crippen MR) is 67.4 cm³/mol. The first-order chi connectivity index (χ1) is 7.99. The number of rotatable bonds is 3. The van der Waals surface area contributed by atoms with Crippen molar-refractivity contribution in [1.82, 2.24) is 4.57 Å². The van der Waals surface area contributed by atoms with Gasteiger partial charge in [-0.25, -0.2) is 4.79 Å². The van der Waals surface area contributed by atoms with Crippen molar-refractivity contribution in [2.75, 3.05) is 0 Å². The highest BCUT2D eigenvalue weighted by molar-refractivity contribution is 5.89. The second-order valence-electron chi connectivity index (χ2n) is 5.48. The summed E-state index contributed by atoms with van der Waals surface area (Å²) in [5.41, 5.74) is 2.42. The molecule has 17 heavy (non-hydrogen) atoms. The summed E-state index contributed by atoms with van der Waals surface area (Å²) in [5.74, 6) is 0.732. The van der Waals surface area contributed by atoms with Gasteiger partial charge in [0, 0.05) is 17.9 Å². The number of nitrogens with zero attached hydrogens (tertiary/aromatic N) is 1. The molecule has 0 saturated heterocycles. The smallest absolute Gasteiger partial charge is 0.337 e. The van der Waals surface area contributed by atoms with E-state index in [0.717, 1.165) is 29.8 Å². The second-order valence-corrected chi connectivity index (χ2v) is 5.48. The number of aryl methyl sites for hydroxylation is 1. The van der Waals surface area contributed by atoms with Crippen molar-refractivity contribution in [1.29, 1.82) is 0 Å². The Kier molecular flexibility index (Phi) is 3.27. The lowest BCUT2D eigenvalue weighted by atomic mass is 10.1. The number of hydrogen-bond acceptors (Lipinski definition) is 1. The maximum absolute atomic E-state index is 11.1. The van der Waals surface area contributed by atoms with Crippen molar-refractivity contribution < 1.29 is 9.90 Å². The van der Waals surface area contributed by atoms with Crippen molar-refractivity contribution in [2.45, 2.75) is 46.6 Å². The molecule has 1 aliphatic rings. The second kappa shape index (κ2) is 4.55. The molecule has 1 fully saturated rings. The van der Waals surface area contributed by atoms with Crippen LogP contribution in [-0.4, -0.2) is 15.6 Å². The standard InChI is InChI=1S/C14H21NO2/c1-9-4-5-12(6-9)8-15-10(2)7-13(11(15)3)14(16)17/h7,9,12H,4-6,8H2,1-3H3,(H,16,17). The first kappa shape index (κ1) is 12.2. The summed E-state index contributed by atoms with van der Waals surface area (Å²) < 4.78 is 2.17. The van der Waals surface area contributed by atoms with Crippen LogP contribution in [0.5, 0.6) is 0 Å². The van der Waals surface area contributed by atoms with Crippen LogP contribution in [0.25, 0.3) is 0 Å². The molecular formula is C14H21NO2. The molecule has 1 heterocycles. The fraction of sp³-hybridized carbons (Fsp3) is 0.643. The zero-order valence-corrected chi connectivity index (χ0v) is 10.9. The van der Waals surface area contributed by atoms with Crippen molar-refractivity contribution in [2.24, 2.45) is 11.8 Å². The molecule has 3 nitrogen and oxygen atoms in total. The summed E-state index contributed by atoms with van der Waals surface area (Å²) >= 11 is 0. The molecule has 0 radical (unpaired) electrons. The normalized spacial score (nSPS) is 24.2. The summed E-state index contributed by atoms with van der Waals surface area (Å²) in [4.78, 5) is 11.1. The lowest BCUT2D eigenvalue weighted by Crippen LogP contribution is -2.11. The van der Waals surface area contributed by atoms with Gasteiger partial charge in [0.15, 0.2) is 0 Å². The number of aromatic carboxylic acids is 1. The molecule has 0 aromatic carbocycles. The Bertz CT molecular complexity index is 434. The molecule has 2 rings (SSSR count). The molecule has 1 N–H and O–H groups in total. The van der Waals surface area contributed by atoms with Gasteiger partial charge in [-0.3, -0.25) is 0 Å². The van der Waals surface area contributed by atoms with Crippen molar-refractivity contribution >= 4 is 5.97 Å². The van der Waals surface area contributed by atoms with Crippen LogP contribution in [0.15, 0.2) is 6.07 Å². The zero-order valence-electron chi connectivity index (χ0n) is 10.9. The lowest BCUT2D eigenvalue weighted by Gasteiger charge is -2.15. The van der Waals surface area contributed by atoms with E-state index in [0.29, 0.717) is 5.56 Å². The number of carboxylic acids is 1. The highest BCUT2D eigenvalue weighted by Crippen LogP contribution is 2.32. The van der Waals surface area contributed by atoms with E-state index in [1.54, 1.807) is 6.07 Å². The fourth-order valence-electron chi connectivity index (χ4n) is 3.05. The quantitative estimate of drug-likeness (QED) is 0.874. The molecule has 2 atom stereocenters. The highest BCUT2D eigenvalue weighted by Gasteiger charge is 2.23. The summed E-state index contributed by atoms with van der Waals surface area (Å²) in [5, 5.41) is 9.09. The van der Waals surface area contributed by atoms with Crippen molar-refractivity contribution in [3.05, 3.63) is 23.0 Å². The van der Waals surface area contributed by atoms with Gasteiger partial charge in [-0.15, -0.1) is 0 Å². The molecule has 1 aromatic heterocycles. The van der Waals surface area contributed by atoms with Crippen LogP contribution in [0.1, 0.15) is 47.9 Å². The Hall–Kier alpha value is -1.25. The number of hydrogen-bond donors (Lipinski definition) is 1. The minimum absolute atomic E-state index is 0.452. The fourth-order valence-corrected chi connectivity index (χ4v) is 3.05. The van der Waals surface area contributed by atoms with Gasteiger partial charge < -0.3 is 9.67 Å². The molecular weight excluding hydrogens is 214 g/mol. The van der Waals surface area contributed by atoms with Gasteiger partial charge in [0.25, 0.3) is 0 Å². The van der Waals surface area contributed by atoms with Crippen LogP contribution in [-0.2, 0) is 6.54 Å². The Morgan fingerprint density at radius 3 is 2.65 bits per heavy atom. The topological polar surface area (TPSA) is 42.2 Å². The number of aromatic nitrogens is 1. The average molecular weight is 235 g/mol. The molecule has 0 aliphatic heterocycles. The number of carbonyl (C=O) groups is 1. The maximum atomic E-state index is 11.1. The van der Waals surface area contributed by atoms with Gasteiger partial charge in [-0.2, -0.15) is 0 Å². The third kappa shape index (κ3) is 2.38.